The summed E-state index contributed by atoms with van der Waals surface area (Å²) in [5.74, 6) is -0.255. The van der Waals surface area contributed by atoms with Gasteiger partial charge in [-0.3, -0.25) is 9.78 Å². The summed E-state index contributed by atoms with van der Waals surface area (Å²) >= 11 is 0. The van der Waals surface area contributed by atoms with E-state index in [1.165, 1.54) is 11.0 Å². The summed E-state index contributed by atoms with van der Waals surface area (Å²) in [7, 11) is 1.67. The molecule has 1 N–H and O–H groups in total. The number of fused-ring (bicyclic) bond motifs is 1. The van der Waals surface area contributed by atoms with Crippen LogP contribution in [-0.4, -0.2) is 33.9 Å². The van der Waals surface area contributed by atoms with E-state index in [9.17, 15) is 9.59 Å². The average Bonchev–Trinajstić information content (AvgIpc) is 3.00. The molecule has 0 radical (unpaired) electrons. The van der Waals surface area contributed by atoms with Crippen LogP contribution in [0, 0.1) is 6.92 Å². The Morgan fingerprint density at radius 1 is 1.19 bits per heavy atom. The van der Waals surface area contributed by atoms with E-state index in [0.717, 1.165) is 16.6 Å². The van der Waals surface area contributed by atoms with Crippen molar-refractivity contribution in [2.45, 2.75) is 33.2 Å². The Morgan fingerprint density at radius 3 is 2.52 bits per heavy atom. The molecule has 3 aromatic rings. The van der Waals surface area contributed by atoms with Crippen molar-refractivity contribution in [1.29, 1.82) is 0 Å². The minimum absolute atomic E-state index is 0.113. The highest BCUT2D eigenvalue weighted by atomic mass is 16.4. The molecule has 3 rings (SSSR count). The van der Waals surface area contributed by atoms with Crippen molar-refractivity contribution in [3.05, 3.63) is 64.7 Å². The molecule has 6 heteroatoms. The van der Waals surface area contributed by atoms with Crippen LogP contribution >= 0.6 is 0 Å². The van der Waals surface area contributed by atoms with Crippen LogP contribution in [0.1, 0.15) is 57.7 Å². The van der Waals surface area contributed by atoms with Crippen LogP contribution in [0.25, 0.3) is 10.9 Å². The molecule has 0 aliphatic carbocycles. The lowest BCUT2D eigenvalue weighted by atomic mass is 10.0. The summed E-state index contributed by atoms with van der Waals surface area (Å²) in [6, 6.07) is 10.9. The largest absolute Gasteiger partial charge is 0.478 e. The Hall–Kier alpha value is -3.15. The zero-order chi connectivity index (χ0) is 19.7. The number of aromatic nitrogens is 1. The van der Waals surface area contributed by atoms with Gasteiger partial charge in [0.15, 0.2) is 0 Å². The van der Waals surface area contributed by atoms with Crippen molar-refractivity contribution in [2.75, 3.05) is 7.05 Å². The maximum atomic E-state index is 13.1. The van der Waals surface area contributed by atoms with Crippen LogP contribution in [-0.2, 0) is 6.54 Å². The highest BCUT2D eigenvalue weighted by Gasteiger charge is 2.20. The fraction of sp³-hybridized carbons (Fsp3) is 0.286. The third kappa shape index (κ3) is 3.69. The van der Waals surface area contributed by atoms with Crippen LogP contribution in [0.2, 0.25) is 0 Å². The Bertz CT molecular complexity index is 1020. The Labute approximate surface area is 157 Å². The maximum absolute atomic E-state index is 13.1. The van der Waals surface area contributed by atoms with Crippen molar-refractivity contribution in [3.8, 4) is 0 Å². The minimum atomic E-state index is -1.04. The second-order valence-electron chi connectivity index (χ2n) is 6.92. The molecule has 27 heavy (non-hydrogen) atoms. The van der Waals surface area contributed by atoms with E-state index in [-0.39, 0.29) is 23.9 Å². The number of rotatable bonds is 5. The van der Waals surface area contributed by atoms with Gasteiger partial charge in [0.05, 0.1) is 17.6 Å². The van der Waals surface area contributed by atoms with Gasteiger partial charge in [0, 0.05) is 18.1 Å². The molecule has 1 aromatic carbocycles. The van der Waals surface area contributed by atoms with Gasteiger partial charge in [0.25, 0.3) is 5.91 Å². The number of furan rings is 1. The van der Waals surface area contributed by atoms with Crippen molar-refractivity contribution in [2.24, 2.45) is 0 Å². The van der Waals surface area contributed by atoms with Gasteiger partial charge in [0.1, 0.15) is 17.1 Å². The van der Waals surface area contributed by atoms with Gasteiger partial charge >= 0.3 is 5.97 Å². The van der Waals surface area contributed by atoms with Gasteiger partial charge in [-0.1, -0.05) is 32.0 Å². The molecule has 0 unspecified atom stereocenters. The van der Waals surface area contributed by atoms with E-state index < -0.39 is 5.97 Å². The van der Waals surface area contributed by atoms with E-state index in [4.69, 9.17) is 9.52 Å². The number of hydrogen-bond acceptors (Lipinski definition) is 4. The number of nitrogens with zero attached hydrogens (tertiary/aromatic N) is 2. The van der Waals surface area contributed by atoms with Crippen LogP contribution in [0.15, 0.2) is 40.8 Å². The van der Waals surface area contributed by atoms with Gasteiger partial charge in [-0.2, -0.15) is 0 Å². The van der Waals surface area contributed by atoms with Crippen molar-refractivity contribution in [1.82, 2.24) is 9.88 Å². The number of para-hydroxylation sites is 1. The Kier molecular flexibility index (Phi) is 4.99. The van der Waals surface area contributed by atoms with E-state index in [1.54, 1.807) is 14.0 Å². The number of carbonyl (C=O) groups is 2. The number of pyridine rings is 1. The summed E-state index contributed by atoms with van der Waals surface area (Å²) < 4.78 is 5.50. The number of carbonyl (C=O) groups excluding carboxylic acids is 1. The lowest BCUT2D eigenvalue weighted by Crippen LogP contribution is -2.26. The number of amides is 1. The van der Waals surface area contributed by atoms with Crippen LogP contribution in [0.3, 0.4) is 0 Å². The predicted molar refractivity (Wildman–Crippen MR) is 102 cm³/mol. The van der Waals surface area contributed by atoms with Crippen molar-refractivity contribution in [3.63, 3.8) is 0 Å². The van der Waals surface area contributed by atoms with E-state index >= 15 is 0 Å². The molecular formula is C21H22N2O4. The molecule has 0 bridgehead atoms. The lowest BCUT2D eigenvalue weighted by molar-refractivity contribution is 0.0694. The molecule has 2 heterocycles. The van der Waals surface area contributed by atoms with Gasteiger partial charge in [-0.05, 0) is 31.0 Å². The molecule has 0 aliphatic rings. The van der Waals surface area contributed by atoms with Crippen molar-refractivity contribution >= 4 is 22.8 Å². The van der Waals surface area contributed by atoms with Crippen LogP contribution < -0.4 is 0 Å². The van der Waals surface area contributed by atoms with E-state index in [2.05, 4.69) is 4.98 Å². The third-order valence-electron chi connectivity index (χ3n) is 4.50. The number of carboxylic acid groups (broad SMARTS) is 1. The number of benzene rings is 1. The first-order valence-corrected chi connectivity index (χ1v) is 8.75. The second kappa shape index (κ2) is 7.23. The molecule has 1 amide bonds. The standard InChI is InChI=1S/C21H22N2O4/c1-12(2)19-10-17(15-7-5-6-8-18(15)22-19)20(24)23(4)11-14-9-16(21(25)26)13(3)27-14/h5-10,12H,11H2,1-4H3,(H,25,26). The molecule has 6 nitrogen and oxygen atoms in total. The molecule has 0 spiro atoms. The summed E-state index contributed by atoms with van der Waals surface area (Å²) in [4.78, 5) is 30.4. The quantitative estimate of drug-likeness (QED) is 0.730. The fourth-order valence-electron chi connectivity index (χ4n) is 3.01. The molecule has 0 saturated heterocycles. The Morgan fingerprint density at radius 2 is 1.89 bits per heavy atom. The van der Waals surface area contributed by atoms with Gasteiger partial charge in [-0.15, -0.1) is 0 Å². The monoisotopic (exact) mass is 366 g/mol. The van der Waals surface area contributed by atoms with Gasteiger partial charge < -0.3 is 14.4 Å². The van der Waals surface area contributed by atoms with E-state index in [0.29, 0.717) is 17.1 Å². The summed E-state index contributed by atoms with van der Waals surface area (Å²) in [5, 5.41) is 9.95. The second-order valence-corrected chi connectivity index (χ2v) is 6.92. The zero-order valence-electron chi connectivity index (χ0n) is 15.8. The fourth-order valence-corrected chi connectivity index (χ4v) is 3.01. The van der Waals surface area contributed by atoms with Crippen LogP contribution in [0.4, 0.5) is 0 Å². The van der Waals surface area contributed by atoms with Crippen molar-refractivity contribution < 1.29 is 19.1 Å². The normalized spacial score (nSPS) is 11.1. The molecule has 2 aromatic heterocycles. The molecule has 140 valence electrons. The third-order valence-corrected chi connectivity index (χ3v) is 4.50. The van der Waals surface area contributed by atoms with E-state index in [1.807, 2.05) is 44.2 Å². The smallest absolute Gasteiger partial charge is 0.339 e. The first-order chi connectivity index (χ1) is 12.8. The molecule has 0 fully saturated rings. The minimum Gasteiger partial charge on any atom is -0.478 e. The SMILES string of the molecule is Cc1oc(CN(C)C(=O)c2cc(C(C)C)nc3ccccc23)cc1C(=O)O. The molecule has 0 saturated carbocycles. The number of aromatic carboxylic acids is 1. The first-order valence-electron chi connectivity index (χ1n) is 8.75. The Balaban J connectivity index is 1.95. The average molecular weight is 366 g/mol. The summed E-state index contributed by atoms with van der Waals surface area (Å²) in [5.41, 5.74) is 2.32. The lowest BCUT2D eigenvalue weighted by Gasteiger charge is -2.18. The molecular weight excluding hydrogens is 344 g/mol. The number of aryl methyl sites for hydroxylation is 1. The van der Waals surface area contributed by atoms with Gasteiger partial charge in [0.2, 0.25) is 0 Å². The number of hydrogen-bond donors (Lipinski definition) is 1. The molecule has 0 aliphatic heterocycles. The maximum Gasteiger partial charge on any atom is 0.339 e. The molecule has 0 atom stereocenters. The van der Waals surface area contributed by atoms with Crippen LogP contribution in [0.5, 0.6) is 0 Å². The number of carboxylic acids is 1. The topological polar surface area (TPSA) is 83.6 Å². The van der Waals surface area contributed by atoms with Gasteiger partial charge in [-0.25, -0.2) is 4.79 Å². The zero-order valence-corrected chi connectivity index (χ0v) is 15.8. The predicted octanol–water partition coefficient (Wildman–Crippen LogP) is 4.23. The first kappa shape index (κ1) is 18.6. The highest BCUT2D eigenvalue weighted by Crippen LogP contribution is 2.24. The highest BCUT2D eigenvalue weighted by molar-refractivity contribution is 6.06. The summed E-state index contributed by atoms with van der Waals surface area (Å²) in [6.07, 6.45) is 0. The summed E-state index contributed by atoms with van der Waals surface area (Å²) in [6.45, 7) is 5.85.